The molecule has 0 atom stereocenters. The van der Waals surface area contributed by atoms with Crippen LogP contribution in [0.25, 0.3) is 0 Å². The molecule has 0 unspecified atom stereocenters. The van der Waals surface area contributed by atoms with Crippen molar-refractivity contribution in [3.63, 3.8) is 0 Å². The van der Waals surface area contributed by atoms with Crippen LogP contribution in [0.5, 0.6) is 0 Å². The lowest BCUT2D eigenvalue weighted by atomic mass is 9.75. The van der Waals surface area contributed by atoms with Crippen molar-refractivity contribution in [2.75, 3.05) is 0 Å². The van der Waals surface area contributed by atoms with Crippen molar-refractivity contribution >= 4 is 18.6 Å². The Balaban J connectivity index is 2.37. The second-order valence-corrected chi connectivity index (χ2v) is 3.34. The Morgan fingerprint density at radius 2 is 2.47 bits per heavy atom. The lowest BCUT2D eigenvalue weighted by Gasteiger charge is -2.06. The van der Waals surface area contributed by atoms with Crippen LogP contribution in [-0.4, -0.2) is 23.2 Å². The van der Waals surface area contributed by atoms with Gasteiger partial charge in [0, 0.05) is 6.42 Å². The van der Waals surface area contributed by atoms with E-state index in [0.29, 0.717) is 11.0 Å². The van der Waals surface area contributed by atoms with Crippen LogP contribution in [0.4, 0.5) is 0 Å². The van der Waals surface area contributed by atoms with Crippen LogP contribution in [-0.2, 0) is 22.4 Å². The summed E-state index contributed by atoms with van der Waals surface area (Å²) in [4.78, 5) is 10.5. The molecule has 1 aromatic rings. The maximum Gasteiger partial charge on any atom is 0.492 e. The minimum Gasteiger partial charge on any atom is -0.481 e. The van der Waals surface area contributed by atoms with Gasteiger partial charge in [-0.2, -0.15) is 0 Å². The summed E-state index contributed by atoms with van der Waals surface area (Å²) in [5.41, 5.74) is 1.24. The molecule has 1 aliphatic heterocycles. The maximum atomic E-state index is 10.5. The fourth-order valence-corrected chi connectivity index (χ4v) is 1.63. The summed E-state index contributed by atoms with van der Waals surface area (Å²) in [7, 11) is -1.33. The molecular weight excluding hydrogens is 196 g/mol. The van der Waals surface area contributed by atoms with Crippen LogP contribution >= 0.6 is 0 Å². The standard InChI is InChI=1S/C10H11BO4/c12-9(13)5-4-7-2-1-3-8-6-15-11(14)10(7)8/h1-3,14H,4-6H2,(H,12,13)/i6D2,9+1. The summed E-state index contributed by atoms with van der Waals surface area (Å²) >= 11 is 0. The molecule has 2 N–H and O–H groups in total. The van der Waals surface area contributed by atoms with Gasteiger partial charge in [-0.3, -0.25) is 4.79 Å². The van der Waals surface area contributed by atoms with Crippen LogP contribution in [0.1, 0.15) is 20.3 Å². The van der Waals surface area contributed by atoms with Crippen molar-refractivity contribution in [3.05, 3.63) is 29.3 Å². The number of carboxylic acid groups (broad SMARTS) is 1. The summed E-state index contributed by atoms with van der Waals surface area (Å²) in [6.45, 7) is -2.02. The number of hydrogen-bond donors (Lipinski definition) is 2. The third-order valence-electron chi connectivity index (χ3n) is 2.33. The molecular formula is C10H11BO4. The molecule has 0 saturated heterocycles. The van der Waals surface area contributed by atoms with E-state index in [9.17, 15) is 9.82 Å². The molecule has 2 rings (SSSR count). The SMILES string of the molecule is [2H]C1([2H])OB(O)c2c(CC[13C](=O)O)cccc21. The molecule has 0 saturated carbocycles. The number of hydrogen-bond acceptors (Lipinski definition) is 3. The van der Waals surface area contributed by atoms with Gasteiger partial charge in [-0.15, -0.1) is 0 Å². The molecule has 1 aliphatic rings. The zero-order valence-corrected chi connectivity index (χ0v) is 7.93. The summed E-state index contributed by atoms with van der Waals surface area (Å²) in [6, 6.07) is 4.85. The van der Waals surface area contributed by atoms with E-state index >= 15 is 0 Å². The predicted molar refractivity (Wildman–Crippen MR) is 54.8 cm³/mol. The van der Waals surface area contributed by atoms with Gasteiger partial charge < -0.3 is 14.8 Å². The van der Waals surface area contributed by atoms with E-state index < -0.39 is 19.6 Å². The Hall–Kier alpha value is -1.33. The van der Waals surface area contributed by atoms with E-state index in [1.54, 1.807) is 12.1 Å². The molecule has 0 radical (unpaired) electrons. The average molecular weight is 209 g/mol. The first kappa shape index (κ1) is 7.90. The first-order valence-corrected chi connectivity index (χ1v) is 4.62. The quantitative estimate of drug-likeness (QED) is 0.539. The summed E-state index contributed by atoms with van der Waals surface area (Å²) in [5, 5.41) is 18.3. The number of carboxylic acids is 1. The average Bonchev–Trinajstić information content (AvgIpc) is 2.47. The Labute approximate surface area is 90.5 Å². The predicted octanol–water partition coefficient (Wildman–Crippen LogP) is -0.0785. The topological polar surface area (TPSA) is 66.8 Å². The van der Waals surface area contributed by atoms with E-state index in [-0.39, 0.29) is 18.4 Å². The smallest absolute Gasteiger partial charge is 0.481 e. The fourth-order valence-electron chi connectivity index (χ4n) is 1.63. The van der Waals surface area contributed by atoms with Gasteiger partial charge in [-0.25, -0.2) is 0 Å². The third-order valence-corrected chi connectivity index (χ3v) is 2.33. The van der Waals surface area contributed by atoms with E-state index in [1.165, 1.54) is 6.07 Å². The molecule has 0 aliphatic carbocycles. The summed E-state index contributed by atoms with van der Waals surface area (Å²) in [6.07, 6.45) is 0.182. The molecule has 5 heteroatoms. The summed E-state index contributed by atoms with van der Waals surface area (Å²) < 4.78 is 20.0. The molecule has 1 aromatic carbocycles. The normalized spacial score (nSPS) is 19.4. The molecule has 0 amide bonds. The van der Waals surface area contributed by atoms with Crippen molar-refractivity contribution < 1.29 is 22.3 Å². The minimum atomic E-state index is -2.02. The lowest BCUT2D eigenvalue weighted by Crippen LogP contribution is -2.31. The van der Waals surface area contributed by atoms with Gasteiger partial charge in [-0.1, -0.05) is 18.2 Å². The largest absolute Gasteiger partial charge is 0.492 e. The lowest BCUT2D eigenvalue weighted by molar-refractivity contribution is -0.136. The van der Waals surface area contributed by atoms with Gasteiger partial charge in [0.25, 0.3) is 0 Å². The monoisotopic (exact) mass is 209 g/mol. The van der Waals surface area contributed by atoms with Crippen molar-refractivity contribution in [3.8, 4) is 0 Å². The Bertz CT molecular complexity index is 464. The fraction of sp³-hybridized carbons (Fsp3) is 0.300. The number of carbonyl (C=O) groups is 1. The van der Waals surface area contributed by atoms with Gasteiger partial charge in [0.2, 0.25) is 0 Å². The van der Waals surface area contributed by atoms with E-state index in [1.807, 2.05) is 0 Å². The highest BCUT2D eigenvalue weighted by Gasteiger charge is 2.29. The van der Waals surface area contributed by atoms with Gasteiger partial charge >= 0.3 is 13.1 Å². The molecule has 0 fully saturated rings. The molecule has 0 aromatic heterocycles. The first-order valence-electron chi connectivity index (χ1n) is 5.62. The first-order chi connectivity index (χ1) is 7.92. The molecule has 0 bridgehead atoms. The second-order valence-electron chi connectivity index (χ2n) is 3.34. The van der Waals surface area contributed by atoms with Crippen LogP contribution in [0.15, 0.2) is 18.2 Å². The highest BCUT2D eigenvalue weighted by molar-refractivity contribution is 6.62. The minimum absolute atomic E-state index is 0.0633. The Kier molecular flexibility index (Phi) is 2.13. The van der Waals surface area contributed by atoms with E-state index in [2.05, 4.69) is 0 Å². The van der Waals surface area contributed by atoms with Gasteiger partial charge in [0.15, 0.2) is 0 Å². The zero-order chi connectivity index (χ0) is 12.6. The number of aryl methyl sites for hydroxylation is 1. The van der Waals surface area contributed by atoms with Gasteiger partial charge in [0.1, 0.15) is 0 Å². The van der Waals surface area contributed by atoms with Crippen molar-refractivity contribution in [1.29, 1.82) is 0 Å². The van der Waals surface area contributed by atoms with Crippen LogP contribution in [0.2, 0.25) is 0 Å². The number of fused-ring (bicyclic) bond motifs is 1. The number of aliphatic carboxylic acids is 1. The summed E-state index contributed by atoms with van der Waals surface area (Å²) in [5.74, 6) is -0.931. The van der Waals surface area contributed by atoms with Gasteiger partial charge in [-0.05, 0) is 23.0 Å². The van der Waals surface area contributed by atoms with Crippen LogP contribution in [0, 0.1) is 0 Å². The molecule has 15 heavy (non-hydrogen) atoms. The molecule has 4 nitrogen and oxygen atoms in total. The van der Waals surface area contributed by atoms with Crippen LogP contribution in [0.3, 0.4) is 0 Å². The zero-order valence-electron chi connectivity index (χ0n) is 9.93. The molecule has 78 valence electrons. The highest BCUT2D eigenvalue weighted by atomic mass is 16.5. The van der Waals surface area contributed by atoms with Crippen molar-refractivity contribution in [2.45, 2.75) is 19.4 Å². The second kappa shape index (κ2) is 4.04. The van der Waals surface area contributed by atoms with E-state index in [0.717, 1.165) is 0 Å². The van der Waals surface area contributed by atoms with Crippen LogP contribution < -0.4 is 5.46 Å². The van der Waals surface area contributed by atoms with Crippen molar-refractivity contribution in [1.82, 2.24) is 0 Å². The van der Waals surface area contributed by atoms with Crippen molar-refractivity contribution in [2.24, 2.45) is 0 Å². The highest BCUT2D eigenvalue weighted by Crippen LogP contribution is 2.13. The number of rotatable bonds is 3. The molecule has 1 heterocycles. The molecule has 0 spiro atoms. The Morgan fingerprint density at radius 3 is 3.20 bits per heavy atom. The maximum absolute atomic E-state index is 10.5. The van der Waals surface area contributed by atoms with E-state index in [4.69, 9.17) is 12.5 Å². The Morgan fingerprint density at radius 1 is 1.67 bits per heavy atom. The number of benzene rings is 1. The third kappa shape index (κ3) is 2.03. The van der Waals surface area contributed by atoms with Gasteiger partial charge in [0.05, 0.1) is 9.30 Å².